The molecule has 0 radical (unpaired) electrons. The van der Waals surface area contributed by atoms with Gasteiger partial charge in [-0.15, -0.1) is 0 Å². The number of nitrogens with zero attached hydrogens (tertiary/aromatic N) is 1. The molecule has 2 rings (SSSR count). The van der Waals surface area contributed by atoms with E-state index in [-0.39, 0.29) is 4.90 Å². The summed E-state index contributed by atoms with van der Waals surface area (Å²) in [6.45, 7) is 3.87. The molecule has 0 aliphatic carbocycles. The Bertz CT molecular complexity index is 572. The maximum absolute atomic E-state index is 12.7. The van der Waals surface area contributed by atoms with Crippen LogP contribution < -0.4 is 10.1 Å². The zero-order valence-corrected chi connectivity index (χ0v) is 13.0. The first-order chi connectivity index (χ1) is 9.48. The SMILES string of the molecule is CNCC1CCN(S(=O)(=O)c2cc(C)ccc2OC)C1. The lowest BCUT2D eigenvalue weighted by molar-refractivity contribution is 0.396. The van der Waals surface area contributed by atoms with Gasteiger partial charge in [-0.05, 0) is 50.6 Å². The van der Waals surface area contributed by atoms with Crippen LogP contribution in [-0.2, 0) is 10.0 Å². The average Bonchev–Trinajstić information content (AvgIpc) is 2.88. The molecule has 0 spiro atoms. The summed E-state index contributed by atoms with van der Waals surface area (Å²) in [5, 5.41) is 3.11. The molecule has 1 fully saturated rings. The van der Waals surface area contributed by atoms with Gasteiger partial charge in [-0.25, -0.2) is 8.42 Å². The minimum atomic E-state index is -3.47. The number of hydrogen-bond acceptors (Lipinski definition) is 4. The number of rotatable bonds is 5. The summed E-state index contributed by atoms with van der Waals surface area (Å²) in [6.07, 6.45) is 0.897. The maximum Gasteiger partial charge on any atom is 0.246 e. The van der Waals surface area contributed by atoms with Crippen molar-refractivity contribution < 1.29 is 13.2 Å². The van der Waals surface area contributed by atoms with Crippen LogP contribution in [0.4, 0.5) is 0 Å². The molecular formula is C14H22N2O3S. The Morgan fingerprint density at radius 2 is 2.20 bits per heavy atom. The third kappa shape index (κ3) is 2.97. The molecule has 1 N–H and O–H groups in total. The normalized spacial score (nSPS) is 20.2. The highest BCUT2D eigenvalue weighted by atomic mass is 32.2. The van der Waals surface area contributed by atoms with E-state index in [0.29, 0.717) is 24.8 Å². The van der Waals surface area contributed by atoms with E-state index in [1.807, 2.05) is 20.0 Å². The van der Waals surface area contributed by atoms with Crippen LogP contribution in [0.25, 0.3) is 0 Å². The molecule has 0 saturated carbocycles. The Hall–Kier alpha value is -1.11. The van der Waals surface area contributed by atoms with Crippen molar-refractivity contribution in [2.24, 2.45) is 5.92 Å². The quantitative estimate of drug-likeness (QED) is 0.888. The average molecular weight is 298 g/mol. The van der Waals surface area contributed by atoms with Crippen molar-refractivity contribution in [2.45, 2.75) is 18.2 Å². The number of aryl methyl sites for hydroxylation is 1. The topological polar surface area (TPSA) is 58.6 Å². The summed E-state index contributed by atoms with van der Waals surface area (Å²) < 4.78 is 32.2. The van der Waals surface area contributed by atoms with Crippen LogP contribution in [0.1, 0.15) is 12.0 Å². The van der Waals surface area contributed by atoms with Crippen LogP contribution in [-0.4, -0.2) is 46.5 Å². The molecule has 1 aliphatic rings. The number of benzene rings is 1. The smallest absolute Gasteiger partial charge is 0.246 e. The Morgan fingerprint density at radius 3 is 2.85 bits per heavy atom. The maximum atomic E-state index is 12.7. The Kier molecular flexibility index (Phi) is 4.67. The van der Waals surface area contributed by atoms with Gasteiger partial charge in [-0.1, -0.05) is 6.07 Å². The van der Waals surface area contributed by atoms with Gasteiger partial charge in [0, 0.05) is 13.1 Å². The lowest BCUT2D eigenvalue weighted by atomic mass is 10.1. The molecule has 1 aromatic carbocycles. The van der Waals surface area contributed by atoms with Crippen molar-refractivity contribution in [2.75, 3.05) is 33.8 Å². The van der Waals surface area contributed by atoms with E-state index in [2.05, 4.69) is 5.32 Å². The Balaban J connectivity index is 2.29. The van der Waals surface area contributed by atoms with E-state index in [4.69, 9.17) is 4.74 Å². The molecule has 1 heterocycles. The van der Waals surface area contributed by atoms with E-state index in [0.717, 1.165) is 18.5 Å². The highest BCUT2D eigenvalue weighted by Gasteiger charge is 2.33. The second-order valence-electron chi connectivity index (χ2n) is 5.23. The molecule has 20 heavy (non-hydrogen) atoms. The first-order valence-corrected chi connectivity index (χ1v) is 8.22. The monoisotopic (exact) mass is 298 g/mol. The molecule has 1 unspecified atom stereocenters. The Morgan fingerprint density at radius 1 is 1.45 bits per heavy atom. The summed E-state index contributed by atoms with van der Waals surface area (Å²) in [7, 11) is -0.0875. The van der Waals surface area contributed by atoms with Gasteiger partial charge in [0.15, 0.2) is 0 Å². The van der Waals surface area contributed by atoms with Crippen LogP contribution in [0.3, 0.4) is 0 Å². The van der Waals surface area contributed by atoms with Crippen molar-refractivity contribution in [3.63, 3.8) is 0 Å². The second kappa shape index (κ2) is 6.11. The summed E-state index contributed by atoms with van der Waals surface area (Å²) >= 11 is 0. The first kappa shape index (κ1) is 15.3. The standard InChI is InChI=1S/C14H22N2O3S/c1-11-4-5-13(19-3)14(8-11)20(17,18)16-7-6-12(10-16)9-15-2/h4-5,8,12,15H,6-7,9-10H2,1-3H3. The largest absolute Gasteiger partial charge is 0.495 e. The van der Waals surface area contributed by atoms with E-state index in [9.17, 15) is 8.42 Å². The molecule has 0 amide bonds. The van der Waals surface area contributed by atoms with Crippen LogP contribution in [0.15, 0.2) is 23.1 Å². The molecule has 1 atom stereocenters. The zero-order chi connectivity index (χ0) is 14.8. The highest BCUT2D eigenvalue weighted by Crippen LogP contribution is 2.30. The van der Waals surface area contributed by atoms with Gasteiger partial charge in [-0.2, -0.15) is 4.31 Å². The molecule has 6 heteroatoms. The third-order valence-corrected chi connectivity index (χ3v) is 5.56. The van der Waals surface area contributed by atoms with Crippen molar-refractivity contribution in [3.8, 4) is 5.75 Å². The number of nitrogens with one attached hydrogen (secondary N) is 1. The third-order valence-electron chi connectivity index (χ3n) is 3.68. The molecule has 0 aromatic heterocycles. The highest BCUT2D eigenvalue weighted by molar-refractivity contribution is 7.89. The molecule has 0 bridgehead atoms. The van der Waals surface area contributed by atoms with Gasteiger partial charge in [0.2, 0.25) is 10.0 Å². The first-order valence-electron chi connectivity index (χ1n) is 6.78. The van der Waals surface area contributed by atoms with Crippen LogP contribution in [0, 0.1) is 12.8 Å². The summed E-state index contributed by atoms with van der Waals surface area (Å²) in [6, 6.07) is 5.24. The van der Waals surface area contributed by atoms with E-state index >= 15 is 0 Å². The van der Waals surface area contributed by atoms with E-state index in [1.54, 1.807) is 16.4 Å². The molecular weight excluding hydrogens is 276 g/mol. The van der Waals surface area contributed by atoms with Crippen molar-refractivity contribution in [1.82, 2.24) is 9.62 Å². The molecule has 112 valence electrons. The number of hydrogen-bond donors (Lipinski definition) is 1. The Labute approximate surface area is 121 Å². The summed E-state index contributed by atoms with van der Waals surface area (Å²) in [4.78, 5) is 0.269. The molecule has 5 nitrogen and oxygen atoms in total. The van der Waals surface area contributed by atoms with Crippen molar-refractivity contribution in [3.05, 3.63) is 23.8 Å². The minimum Gasteiger partial charge on any atom is -0.495 e. The fourth-order valence-corrected chi connectivity index (χ4v) is 4.37. The van der Waals surface area contributed by atoms with Crippen LogP contribution in [0.5, 0.6) is 5.75 Å². The molecule has 1 aliphatic heterocycles. The van der Waals surface area contributed by atoms with Gasteiger partial charge in [0.05, 0.1) is 7.11 Å². The van der Waals surface area contributed by atoms with Crippen molar-refractivity contribution >= 4 is 10.0 Å². The van der Waals surface area contributed by atoms with Gasteiger partial charge in [-0.3, -0.25) is 0 Å². The predicted octanol–water partition coefficient (Wildman–Crippen LogP) is 1.23. The van der Waals surface area contributed by atoms with Crippen LogP contribution >= 0.6 is 0 Å². The van der Waals surface area contributed by atoms with E-state index in [1.165, 1.54) is 7.11 Å². The van der Waals surface area contributed by atoms with Crippen LogP contribution in [0.2, 0.25) is 0 Å². The summed E-state index contributed by atoms with van der Waals surface area (Å²) in [5.74, 6) is 0.790. The fraction of sp³-hybridized carbons (Fsp3) is 0.571. The summed E-state index contributed by atoms with van der Waals surface area (Å²) in [5.41, 5.74) is 0.912. The van der Waals surface area contributed by atoms with E-state index < -0.39 is 10.0 Å². The number of methoxy groups -OCH3 is 1. The van der Waals surface area contributed by atoms with Gasteiger partial charge in [0.25, 0.3) is 0 Å². The lowest BCUT2D eigenvalue weighted by Gasteiger charge is -2.18. The minimum absolute atomic E-state index is 0.269. The lowest BCUT2D eigenvalue weighted by Crippen LogP contribution is -2.30. The number of sulfonamides is 1. The molecule has 1 saturated heterocycles. The van der Waals surface area contributed by atoms with Gasteiger partial charge < -0.3 is 10.1 Å². The van der Waals surface area contributed by atoms with Gasteiger partial charge in [0.1, 0.15) is 10.6 Å². The van der Waals surface area contributed by atoms with Crippen molar-refractivity contribution in [1.29, 1.82) is 0 Å². The molecule has 1 aromatic rings. The van der Waals surface area contributed by atoms with Gasteiger partial charge >= 0.3 is 0 Å². The zero-order valence-electron chi connectivity index (χ0n) is 12.2. The predicted molar refractivity (Wildman–Crippen MR) is 78.5 cm³/mol. The fourth-order valence-electron chi connectivity index (χ4n) is 2.60. The number of ether oxygens (including phenoxy) is 1. The second-order valence-corrected chi connectivity index (χ2v) is 7.14.